The highest BCUT2D eigenvalue weighted by molar-refractivity contribution is 6.31. The van der Waals surface area contributed by atoms with Gasteiger partial charge in [0.05, 0.1) is 0 Å². The monoisotopic (exact) mass is 270 g/mol. The molecule has 0 saturated carbocycles. The summed E-state index contributed by atoms with van der Waals surface area (Å²) in [6, 6.07) is 10.6. The number of carbonyl (C=O) groups is 2. The predicted molar refractivity (Wildman–Crippen MR) is 67.1 cm³/mol. The lowest BCUT2D eigenvalue weighted by Crippen LogP contribution is -3.15. The zero-order valence-corrected chi connectivity index (χ0v) is 10.2. The molecule has 1 aromatic heterocycles. The van der Waals surface area contributed by atoms with E-state index in [9.17, 15) is 20.0 Å². The fraction of sp³-hybridized carbons (Fsp3) is 0.0714. The van der Waals surface area contributed by atoms with Crippen LogP contribution in [0, 0.1) is 5.21 Å². The van der Waals surface area contributed by atoms with E-state index in [1.54, 1.807) is 24.3 Å². The first-order valence-electron chi connectivity index (χ1n) is 5.93. The van der Waals surface area contributed by atoms with Gasteiger partial charge in [-0.25, -0.2) is 10.4 Å². The summed E-state index contributed by atoms with van der Waals surface area (Å²) in [6.07, 6.45) is 1.36. The van der Waals surface area contributed by atoms with Gasteiger partial charge in [0, 0.05) is 17.3 Å². The van der Waals surface area contributed by atoms with Crippen LogP contribution in [0.4, 0.5) is 0 Å². The summed E-state index contributed by atoms with van der Waals surface area (Å²) < 4.78 is 0. The Morgan fingerprint density at radius 1 is 1.00 bits per heavy atom. The molecule has 1 unspecified atom stereocenters. The first-order valence-corrected chi connectivity index (χ1v) is 5.93. The molecule has 1 aliphatic carbocycles. The molecule has 2 aromatic rings. The normalized spacial score (nSPS) is 17.9. The van der Waals surface area contributed by atoms with E-state index < -0.39 is 22.3 Å². The fourth-order valence-electron chi connectivity index (χ4n) is 2.51. The van der Waals surface area contributed by atoms with Crippen LogP contribution in [-0.4, -0.2) is 21.8 Å². The molecule has 0 radical (unpaired) electrons. The first-order chi connectivity index (χ1) is 9.60. The molecule has 0 fully saturated rings. The molecule has 20 heavy (non-hydrogen) atoms. The first kappa shape index (κ1) is 12.6. The number of rotatable bonds is 2. The van der Waals surface area contributed by atoms with Crippen molar-refractivity contribution >= 4 is 11.6 Å². The number of ketones is 2. The summed E-state index contributed by atoms with van der Waals surface area (Å²) >= 11 is 0. The number of pyridine rings is 1. The second-order valence-electron chi connectivity index (χ2n) is 4.47. The maximum absolute atomic E-state index is 12.5. The number of carbonyl (C=O) groups excluding carboxylic acids is 2. The number of fused-ring (bicyclic) bond motifs is 1. The fourth-order valence-corrected chi connectivity index (χ4v) is 2.51. The van der Waals surface area contributed by atoms with Crippen molar-refractivity contribution < 1.29 is 20.0 Å². The third-order valence-electron chi connectivity index (χ3n) is 3.47. The third-order valence-corrected chi connectivity index (χ3v) is 3.47. The zero-order chi connectivity index (χ0) is 14.3. The van der Waals surface area contributed by atoms with E-state index in [-0.39, 0.29) is 16.8 Å². The maximum Gasteiger partial charge on any atom is 0.296 e. The Morgan fingerprint density at radius 2 is 1.55 bits per heavy atom. The van der Waals surface area contributed by atoms with Crippen LogP contribution in [0.5, 0.6) is 0 Å². The number of hydrogen-bond donors (Lipinski definition) is 2. The Labute approximate surface area is 113 Å². The maximum atomic E-state index is 12.5. The second kappa shape index (κ2) is 4.31. The Kier molecular flexibility index (Phi) is 2.72. The molecular weight excluding hydrogens is 260 g/mol. The van der Waals surface area contributed by atoms with Gasteiger partial charge >= 0.3 is 0 Å². The van der Waals surface area contributed by atoms with Crippen molar-refractivity contribution in [3.8, 4) is 0 Å². The van der Waals surface area contributed by atoms with Crippen LogP contribution in [0.15, 0.2) is 48.7 Å². The van der Waals surface area contributed by atoms with Crippen LogP contribution in [-0.2, 0) is 5.54 Å². The minimum Gasteiger partial charge on any atom is -0.599 e. The summed E-state index contributed by atoms with van der Waals surface area (Å²) in [5.41, 5.74) is -2.06. The van der Waals surface area contributed by atoms with Crippen LogP contribution < -0.4 is 5.23 Å². The minimum atomic E-state index is -2.26. The number of quaternary nitrogens is 1. The molecule has 2 N–H and O–H groups in total. The number of hydroxylamine groups is 2. The van der Waals surface area contributed by atoms with Gasteiger partial charge in [0.25, 0.3) is 5.54 Å². The third kappa shape index (κ3) is 1.41. The number of benzene rings is 1. The molecule has 0 spiro atoms. The second-order valence-corrected chi connectivity index (χ2v) is 4.47. The van der Waals surface area contributed by atoms with Crippen molar-refractivity contribution in [2.24, 2.45) is 0 Å². The van der Waals surface area contributed by atoms with Crippen LogP contribution in [0.3, 0.4) is 0 Å². The summed E-state index contributed by atoms with van der Waals surface area (Å²) in [6.45, 7) is 0. The van der Waals surface area contributed by atoms with Gasteiger partial charge in [0.2, 0.25) is 11.6 Å². The highest BCUT2D eigenvalue weighted by atomic mass is 16.8. The highest BCUT2D eigenvalue weighted by Gasteiger charge is 2.61. The number of aromatic nitrogens is 1. The van der Waals surface area contributed by atoms with Gasteiger partial charge in [-0.1, -0.05) is 30.3 Å². The SMILES string of the molecule is O=C1c2ccccc2C(=O)C1(c1ccccn1)[NH+]([O-])O. The highest BCUT2D eigenvalue weighted by Crippen LogP contribution is 2.34. The standard InChI is InChI=1S/C14H10N2O4/c17-12-9-5-1-2-6-10(9)13(18)14(12,16(19)20)11-7-3-4-8-15-11/h1-8,16,19H. The molecule has 3 rings (SSSR count). The van der Waals surface area contributed by atoms with Crippen LogP contribution >= 0.6 is 0 Å². The van der Waals surface area contributed by atoms with Gasteiger partial charge in [-0.05, 0) is 12.1 Å². The molecule has 0 bridgehead atoms. The molecule has 1 aliphatic rings. The van der Waals surface area contributed by atoms with Crippen molar-refractivity contribution in [2.75, 3.05) is 0 Å². The van der Waals surface area contributed by atoms with Crippen LogP contribution in [0.1, 0.15) is 26.4 Å². The van der Waals surface area contributed by atoms with Crippen molar-refractivity contribution in [3.63, 3.8) is 0 Å². The molecule has 100 valence electrons. The molecule has 1 aromatic carbocycles. The summed E-state index contributed by atoms with van der Waals surface area (Å²) in [7, 11) is 0. The van der Waals surface area contributed by atoms with E-state index in [0.29, 0.717) is 0 Å². The minimum absolute atomic E-state index is 0.0568. The average Bonchev–Trinajstić information content (AvgIpc) is 2.70. The summed E-state index contributed by atoms with van der Waals surface area (Å²) in [4.78, 5) is 29.0. The van der Waals surface area contributed by atoms with E-state index in [4.69, 9.17) is 0 Å². The number of Topliss-reactive ketones (excluding diaryl/α,β-unsaturated/α-hetero) is 2. The van der Waals surface area contributed by atoms with Crippen molar-refractivity contribution in [3.05, 3.63) is 70.7 Å². The van der Waals surface area contributed by atoms with E-state index >= 15 is 0 Å². The molecular formula is C14H10N2O4. The molecule has 6 heteroatoms. The lowest BCUT2D eigenvalue weighted by atomic mass is 9.89. The molecule has 0 aliphatic heterocycles. The quantitative estimate of drug-likeness (QED) is 0.597. The largest absolute Gasteiger partial charge is 0.599 e. The topological polar surface area (TPSA) is 94.8 Å². The van der Waals surface area contributed by atoms with Crippen LogP contribution in [0.25, 0.3) is 0 Å². The Morgan fingerprint density at radius 3 is 2.00 bits per heavy atom. The Balaban J connectivity index is 2.30. The van der Waals surface area contributed by atoms with Gasteiger partial charge in [-0.15, -0.1) is 0 Å². The molecule has 0 saturated heterocycles. The van der Waals surface area contributed by atoms with Crippen LogP contribution in [0.2, 0.25) is 0 Å². The van der Waals surface area contributed by atoms with Crippen molar-refractivity contribution in [2.45, 2.75) is 5.54 Å². The predicted octanol–water partition coefficient (Wildman–Crippen LogP) is 0.128. The lowest BCUT2D eigenvalue weighted by Gasteiger charge is -2.30. The number of nitrogens with zero attached hydrogens (tertiary/aromatic N) is 1. The number of nitrogens with one attached hydrogen (secondary N) is 1. The summed E-state index contributed by atoms with van der Waals surface area (Å²) in [5.74, 6) is -1.46. The van der Waals surface area contributed by atoms with Gasteiger partial charge in [-0.3, -0.25) is 14.6 Å². The van der Waals surface area contributed by atoms with E-state index in [0.717, 1.165) is 0 Å². The lowest BCUT2D eigenvalue weighted by molar-refractivity contribution is -1.08. The van der Waals surface area contributed by atoms with Gasteiger partial charge < -0.3 is 5.21 Å². The molecule has 0 amide bonds. The van der Waals surface area contributed by atoms with Gasteiger partial charge in [-0.2, -0.15) is 0 Å². The van der Waals surface area contributed by atoms with Gasteiger partial charge in [0.15, 0.2) is 0 Å². The van der Waals surface area contributed by atoms with E-state index in [2.05, 4.69) is 4.98 Å². The van der Waals surface area contributed by atoms with E-state index in [1.165, 1.54) is 24.4 Å². The average molecular weight is 270 g/mol. The molecule has 6 nitrogen and oxygen atoms in total. The van der Waals surface area contributed by atoms with Crippen molar-refractivity contribution in [1.82, 2.24) is 4.98 Å². The zero-order valence-electron chi connectivity index (χ0n) is 10.2. The molecule has 1 heterocycles. The Bertz CT molecular complexity index is 662. The van der Waals surface area contributed by atoms with E-state index in [1.807, 2.05) is 0 Å². The smallest absolute Gasteiger partial charge is 0.296 e. The van der Waals surface area contributed by atoms with Crippen molar-refractivity contribution in [1.29, 1.82) is 0 Å². The molecule has 1 atom stereocenters. The summed E-state index contributed by atoms with van der Waals surface area (Å²) in [5, 5.41) is 19.8. The number of hydrogen-bond acceptors (Lipinski definition) is 5. The van der Waals surface area contributed by atoms with Gasteiger partial charge in [0.1, 0.15) is 5.69 Å². The Hall–Kier alpha value is -2.41.